The van der Waals surface area contributed by atoms with Gasteiger partial charge in [0.1, 0.15) is 0 Å². The minimum absolute atomic E-state index is 0.142. The fraction of sp³-hybridized carbons (Fsp3) is 0.467. The van der Waals surface area contributed by atoms with Gasteiger partial charge in [0.2, 0.25) is 0 Å². The average Bonchev–Trinajstić information content (AvgIpc) is 2.55. The molecule has 0 amide bonds. The molecular formula is C15H19ClN4O2. The molecule has 0 aromatic heterocycles. The van der Waals surface area contributed by atoms with Gasteiger partial charge >= 0.3 is 0 Å². The topological polar surface area (TPSA) is 65.3 Å². The molecular weight excluding hydrogens is 304 g/mol. The number of nitroso groups, excluding NO2 is 2. The second kappa shape index (κ2) is 7.89. The number of hydrogen-bond donors (Lipinski definition) is 0. The molecule has 1 aliphatic carbocycles. The van der Waals surface area contributed by atoms with Crippen LogP contribution in [0, 0.1) is 9.81 Å². The predicted octanol–water partition coefficient (Wildman–Crippen LogP) is 4.75. The van der Waals surface area contributed by atoms with Gasteiger partial charge in [-0.25, -0.2) is 10.0 Å². The van der Waals surface area contributed by atoms with Crippen LogP contribution in [0.1, 0.15) is 32.1 Å². The Labute approximate surface area is 134 Å². The van der Waals surface area contributed by atoms with E-state index in [1.165, 1.54) is 16.4 Å². The Kier molecular flexibility index (Phi) is 5.89. The van der Waals surface area contributed by atoms with Crippen LogP contribution in [0.3, 0.4) is 0 Å². The molecule has 7 heteroatoms. The van der Waals surface area contributed by atoms with Crippen LogP contribution in [-0.2, 0) is 0 Å². The van der Waals surface area contributed by atoms with Crippen molar-refractivity contribution in [1.29, 1.82) is 0 Å². The van der Waals surface area contributed by atoms with E-state index in [0.29, 0.717) is 10.7 Å². The normalized spacial score (nSPS) is 15.1. The zero-order chi connectivity index (χ0) is 15.9. The molecule has 1 fully saturated rings. The van der Waals surface area contributed by atoms with Gasteiger partial charge in [0.15, 0.2) is 0 Å². The van der Waals surface area contributed by atoms with Gasteiger partial charge in [-0.15, -0.1) is 9.81 Å². The highest BCUT2D eigenvalue weighted by atomic mass is 35.5. The van der Waals surface area contributed by atoms with E-state index in [1.54, 1.807) is 24.3 Å². The maximum atomic E-state index is 11.2. The first-order chi connectivity index (χ1) is 10.7. The standard InChI is InChI=1S/C15H19ClN4O2/c1-12(16)11-19(17-21)13-7-9-15(10-8-13)20(18-22)14-5-3-2-4-6-14/h7-10,14H,1-6,11H2. The number of anilines is 2. The molecule has 0 heterocycles. The minimum Gasteiger partial charge on any atom is -0.226 e. The van der Waals surface area contributed by atoms with Crippen LogP contribution >= 0.6 is 11.6 Å². The molecule has 6 nitrogen and oxygen atoms in total. The number of hydrogen-bond acceptors (Lipinski definition) is 4. The Hall–Kier alpha value is -1.95. The minimum atomic E-state index is 0.142. The van der Waals surface area contributed by atoms with E-state index in [1.807, 2.05) is 0 Å². The first-order valence-corrected chi connectivity index (χ1v) is 7.70. The van der Waals surface area contributed by atoms with Gasteiger partial charge in [-0.2, -0.15) is 0 Å². The van der Waals surface area contributed by atoms with E-state index in [9.17, 15) is 9.81 Å². The molecule has 0 saturated heterocycles. The molecule has 22 heavy (non-hydrogen) atoms. The van der Waals surface area contributed by atoms with E-state index in [-0.39, 0.29) is 12.6 Å². The lowest BCUT2D eigenvalue weighted by atomic mass is 9.95. The summed E-state index contributed by atoms with van der Waals surface area (Å²) in [6.07, 6.45) is 5.40. The summed E-state index contributed by atoms with van der Waals surface area (Å²) in [5.74, 6) is 0. The lowest BCUT2D eigenvalue weighted by Gasteiger charge is -2.29. The predicted molar refractivity (Wildman–Crippen MR) is 89.7 cm³/mol. The SMILES string of the molecule is C=C(Cl)CN(N=O)c1ccc(N(N=O)C2CCCCC2)cc1. The summed E-state index contributed by atoms with van der Waals surface area (Å²) in [6, 6.07) is 7.12. The molecule has 1 aromatic rings. The highest BCUT2D eigenvalue weighted by molar-refractivity contribution is 6.29. The van der Waals surface area contributed by atoms with Gasteiger partial charge in [0, 0.05) is 5.03 Å². The molecule has 0 unspecified atom stereocenters. The fourth-order valence-corrected chi connectivity index (χ4v) is 2.87. The second-order valence-electron chi connectivity index (χ2n) is 5.39. The molecule has 0 N–H and O–H groups in total. The smallest absolute Gasteiger partial charge is 0.0799 e. The summed E-state index contributed by atoms with van der Waals surface area (Å²) in [7, 11) is 0. The van der Waals surface area contributed by atoms with Crippen molar-refractivity contribution in [1.82, 2.24) is 0 Å². The van der Waals surface area contributed by atoms with Gasteiger partial charge in [-0.05, 0) is 37.1 Å². The maximum absolute atomic E-state index is 11.2. The summed E-state index contributed by atoms with van der Waals surface area (Å²) in [5.41, 5.74) is 1.32. The molecule has 1 aromatic carbocycles. The highest BCUT2D eigenvalue weighted by Crippen LogP contribution is 2.29. The van der Waals surface area contributed by atoms with Gasteiger partial charge in [-0.1, -0.05) is 37.4 Å². The van der Waals surface area contributed by atoms with Crippen molar-refractivity contribution in [2.24, 2.45) is 10.6 Å². The van der Waals surface area contributed by atoms with Crippen LogP contribution < -0.4 is 10.0 Å². The average molecular weight is 323 g/mol. The van der Waals surface area contributed by atoms with E-state index in [2.05, 4.69) is 17.2 Å². The van der Waals surface area contributed by atoms with Crippen LogP contribution in [0.4, 0.5) is 11.4 Å². The largest absolute Gasteiger partial charge is 0.226 e. The van der Waals surface area contributed by atoms with Crippen molar-refractivity contribution in [3.05, 3.63) is 45.7 Å². The lowest BCUT2D eigenvalue weighted by molar-refractivity contribution is 0.418. The van der Waals surface area contributed by atoms with Crippen molar-refractivity contribution in [3.63, 3.8) is 0 Å². The summed E-state index contributed by atoms with van der Waals surface area (Å²) < 4.78 is 0. The van der Waals surface area contributed by atoms with Crippen LogP contribution in [-0.4, -0.2) is 12.6 Å². The molecule has 1 aliphatic rings. The van der Waals surface area contributed by atoms with Crippen LogP contribution in [0.25, 0.3) is 0 Å². The number of benzene rings is 1. The Morgan fingerprint density at radius 3 is 2.18 bits per heavy atom. The number of rotatable bonds is 7. The Morgan fingerprint density at radius 2 is 1.68 bits per heavy atom. The summed E-state index contributed by atoms with van der Waals surface area (Å²) in [4.78, 5) is 22.1. The Balaban J connectivity index is 2.13. The Bertz CT molecular complexity index is 529. The number of halogens is 1. The van der Waals surface area contributed by atoms with Crippen molar-refractivity contribution >= 4 is 23.0 Å². The second-order valence-corrected chi connectivity index (χ2v) is 5.93. The van der Waals surface area contributed by atoms with Crippen molar-refractivity contribution < 1.29 is 0 Å². The highest BCUT2D eigenvalue weighted by Gasteiger charge is 2.22. The van der Waals surface area contributed by atoms with E-state index in [4.69, 9.17) is 11.6 Å². The molecule has 0 bridgehead atoms. The quantitative estimate of drug-likeness (QED) is 0.537. The molecule has 1 saturated carbocycles. The van der Waals surface area contributed by atoms with E-state index >= 15 is 0 Å². The zero-order valence-electron chi connectivity index (χ0n) is 12.3. The first-order valence-electron chi connectivity index (χ1n) is 7.32. The van der Waals surface area contributed by atoms with Gasteiger partial charge in [-0.3, -0.25) is 0 Å². The van der Waals surface area contributed by atoms with E-state index < -0.39 is 0 Å². The van der Waals surface area contributed by atoms with Gasteiger partial charge < -0.3 is 0 Å². The third kappa shape index (κ3) is 4.04. The summed E-state index contributed by atoms with van der Waals surface area (Å²) in [5, 5.41) is 9.15. The van der Waals surface area contributed by atoms with E-state index in [0.717, 1.165) is 31.4 Å². The van der Waals surface area contributed by atoms with Crippen LogP contribution in [0.5, 0.6) is 0 Å². The van der Waals surface area contributed by atoms with Crippen molar-refractivity contribution in [2.45, 2.75) is 38.1 Å². The molecule has 0 spiro atoms. The van der Waals surface area contributed by atoms with Crippen molar-refractivity contribution in [3.8, 4) is 0 Å². The zero-order valence-corrected chi connectivity index (χ0v) is 13.1. The number of nitrogens with zero attached hydrogens (tertiary/aromatic N) is 4. The van der Waals surface area contributed by atoms with Crippen LogP contribution in [0.15, 0.2) is 46.4 Å². The maximum Gasteiger partial charge on any atom is 0.0799 e. The lowest BCUT2D eigenvalue weighted by Crippen LogP contribution is -2.32. The third-order valence-corrected chi connectivity index (χ3v) is 3.96. The first kappa shape index (κ1) is 16.4. The summed E-state index contributed by atoms with van der Waals surface area (Å²) in [6.45, 7) is 3.69. The summed E-state index contributed by atoms with van der Waals surface area (Å²) >= 11 is 5.71. The molecule has 0 radical (unpaired) electrons. The van der Waals surface area contributed by atoms with Crippen molar-refractivity contribution in [2.75, 3.05) is 16.6 Å². The van der Waals surface area contributed by atoms with Gasteiger partial charge in [0.25, 0.3) is 0 Å². The van der Waals surface area contributed by atoms with Gasteiger partial charge in [0.05, 0.1) is 34.5 Å². The van der Waals surface area contributed by atoms with Crippen LogP contribution in [0.2, 0.25) is 0 Å². The monoisotopic (exact) mass is 322 g/mol. The molecule has 0 aliphatic heterocycles. The molecule has 2 rings (SSSR count). The fourth-order valence-electron chi connectivity index (χ4n) is 2.76. The third-order valence-electron chi connectivity index (χ3n) is 3.84. The molecule has 118 valence electrons. The molecule has 0 atom stereocenters. The Morgan fingerprint density at radius 1 is 1.09 bits per heavy atom.